The molecule has 0 aliphatic heterocycles. The highest BCUT2D eigenvalue weighted by atomic mass is 32.1. The molecule has 1 heterocycles. The van der Waals surface area contributed by atoms with Crippen molar-refractivity contribution in [1.82, 2.24) is 10.7 Å². The summed E-state index contributed by atoms with van der Waals surface area (Å²) in [4.78, 5) is 0. The monoisotopic (exact) mass is 209 g/mol. The van der Waals surface area contributed by atoms with Crippen molar-refractivity contribution < 1.29 is 4.42 Å². The van der Waals surface area contributed by atoms with E-state index in [9.17, 15) is 0 Å². The SMILES string of the molecule is C=CCNC(=S)N/N=C\c1ccco1. The molecule has 0 amide bonds. The Hall–Kier alpha value is -1.62. The number of rotatable bonds is 4. The molecule has 0 atom stereocenters. The molecule has 1 aromatic rings. The lowest BCUT2D eigenvalue weighted by molar-refractivity contribution is 0.560. The van der Waals surface area contributed by atoms with Gasteiger partial charge in [0.15, 0.2) is 5.11 Å². The van der Waals surface area contributed by atoms with Crippen molar-refractivity contribution >= 4 is 23.5 Å². The fraction of sp³-hybridized carbons (Fsp3) is 0.111. The first kappa shape index (κ1) is 10.5. The van der Waals surface area contributed by atoms with Crippen molar-refractivity contribution in [2.24, 2.45) is 5.10 Å². The summed E-state index contributed by atoms with van der Waals surface area (Å²) in [7, 11) is 0. The molecule has 1 rings (SSSR count). The fourth-order valence-electron chi connectivity index (χ4n) is 0.724. The number of nitrogens with zero attached hydrogens (tertiary/aromatic N) is 1. The first-order chi connectivity index (χ1) is 6.83. The number of nitrogens with one attached hydrogen (secondary N) is 2. The number of hydrazone groups is 1. The average molecular weight is 209 g/mol. The molecule has 0 spiro atoms. The van der Waals surface area contributed by atoms with Gasteiger partial charge in [-0.15, -0.1) is 6.58 Å². The van der Waals surface area contributed by atoms with E-state index in [4.69, 9.17) is 16.6 Å². The van der Waals surface area contributed by atoms with Gasteiger partial charge in [-0.05, 0) is 24.4 Å². The zero-order chi connectivity index (χ0) is 10.2. The molecular formula is C9H11N3OS. The van der Waals surface area contributed by atoms with E-state index < -0.39 is 0 Å². The summed E-state index contributed by atoms with van der Waals surface area (Å²) in [6.45, 7) is 4.16. The molecule has 0 radical (unpaired) electrons. The second-order valence-electron chi connectivity index (χ2n) is 2.38. The van der Waals surface area contributed by atoms with Crippen LogP contribution in [0.2, 0.25) is 0 Å². The topological polar surface area (TPSA) is 49.6 Å². The van der Waals surface area contributed by atoms with E-state index in [-0.39, 0.29) is 0 Å². The summed E-state index contributed by atoms with van der Waals surface area (Å²) in [5.41, 5.74) is 2.64. The van der Waals surface area contributed by atoms with Crippen LogP contribution < -0.4 is 10.7 Å². The summed E-state index contributed by atoms with van der Waals surface area (Å²) in [5, 5.41) is 7.18. The standard InChI is InChI=1S/C9H11N3OS/c1-2-5-10-9(14)12-11-7-8-4-3-6-13-8/h2-4,6-7H,1,5H2,(H2,10,12,14)/b11-7-. The Balaban J connectivity index is 2.26. The van der Waals surface area contributed by atoms with Gasteiger partial charge in [-0.25, -0.2) is 0 Å². The van der Waals surface area contributed by atoms with E-state index in [2.05, 4.69) is 22.4 Å². The van der Waals surface area contributed by atoms with Gasteiger partial charge in [0.2, 0.25) is 0 Å². The van der Waals surface area contributed by atoms with Gasteiger partial charge in [0.05, 0.1) is 12.5 Å². The molecular weight excluding hydrogens is 198 g/mol. The molecule has 0 saturated heterocycles. The maximum Gasteiger partial charge on any atom is 0.187 e. The summed E-state index contributed by atoms with van der Waals surface area (Å²) < 4.78 is 5.03. The van der Waals surface area contributed by atoms with Crippen LogP contribution in [0.3, 0.4) is 0 Å². The Bertz CT molecular complexity index is 319. The average Bonchev–Trinajstić information content (AvgIpc) is 2.67. The smallest absolute Gasteiger partial charge is 0.187 e. The van der Waals surface area contributed by atoms with E-state index in [1.54, 1.807) is 30.7 Å². The minimum absolute atomic E-state index is 0.452. The van der Waals surface area contributed by atoms with Crippen molar-refractivity contribution in [3.05, 3.63) is 36.8 Å². The van der Waals surface area contributed by atoms with Gasteiger partial charge < -0.3 is 9.73 Å². The van der Waals surface area contributed by atoms with Gasteiger partial charge >= 0.3 is 0 Å². The lowest BCUT2D eigenvalue weighted by Gasteiger charge is -2.02. The molecule has 5 heteroatoms. The first-order valence-electron chi connectivity index (χ1n) is 4.04. The van der Waals surface area contributed by atoms with Crippen molar-refractivity contribution in [3.63, 3.8) is 0 Å². The lowest BCUT2D eigenvalue weighted by atomic mass is 10.5. The van der Waals surface area contributed by atoms with Crippen LogP contribution in [0.15, 0.2) is 40.6 Å². The molecule has 0 aliphatic carbocycles. The maximum atomic E-state index is 5.03. The van der Waals surface area contributed by atoms with Crippen LogP contribution in [-0.2, 0) is 0 Å². The van der Waals surface area contributed by atoms with Crippen LogP contribution in [0, 0.1) is 0 Å². The predicted molar refractivity (Wildman–Crippen MR) is 60.2 cm³/mol. The number of thiocarbonyl (C=S) groups is 1. The minimum Gasteiger partial charge on any atom is -0.463 e. The van der Waals surface area contributed by atoms with Crippen LogP contribution in [0.4, 0.5) is 0 Å². The molecule has 0 fully saturated rings. The normalized spacial score (nSPS) is 10.0. The molecule has 74 valence electrons. The van der Waals surface area contributed by atoms with Crippen molar-refractivity contribution in [1.29, 1.82) is 0 Å². The number of hydrogen-bond acceptors (Lipinski definition) is 3. The predicted octanol–water partition coefficient (Wildman–Crippen LogP) is 1.26. The minimum atomic E-state index is 0.452. The van der Waals surface area contributed by atoms with Crippen LogP contribution in [0.5, 0.6) is 0 Å². The summed E-state index contributed by atoms with van der Waals surface area (Å²) >= 11 is 4.90. The van der Waals surface area contributed by atoms with E-state index in [0.717, 1.165) is 0 Å². The molecule has 0 saturated carbocycles. The third-order valence-electron chi connectivity index (χ3n) is 1.31. The van der Waals surface area contributed by atoms with Crippen molar-refractivity contribution in [2.75, 3.05) is 6.54 Å². The van der Waals surface area contributed by atoms with E-state index >= 15 is 0 Å². The van der Waals surface area contributed by atoms with Gasteiger partial charge in [-0.1, -0.05) is 6.08 Å². The lowest BCUT2D eigenvalue weighted by Crippen LogP contribution is -2.31. The van der Waals surface area contributed by atoms with E-state index in [1.165, 1.54) is 0 Å². The molecule has 0 bridgehead atoms. The van der Waals surface area contributed by atoms with Crippen LogP contribution in [0.25, 0.3) is 0 Å². The number of furan rings is 1. The Morgan fingerprint density at radius 3 is 3.21 bits per heavy atom. The van der Waals surface area contributed by atoms with Gasteiger partial charge in [0, 0.05) is 6.54 Å². The second-order valence-corrected chi connectivity index (χ2v) is 2.79. The highest BCUT2D eigenvalue weighted by molar-refractivity contribution is 7.80. The molecule has 0 unspecified atom stereocenters. The Morgan fingerprint density at radius 1 is 1.71 bits per heavy atom. The Morgan fingerprint density at radius 2 is 2.57 bits per heavy atom. The van der Waals surface area contributed by atoms with Gasteiger partial charge in [0.25, 0.3) is 0 Å². The molecule has 2 N–H and O–H groups in total. The summed E-state index contributed by atoms with van der Waals surface area (Å²) in [5.74, 6) is 0.670. The van der Waals surface area contributed by atoms with Gasteiger partial charge in [-0.2, -0.15) is 5.10 Å². The zero-order valence-electron chi connectivity index (χ0n) is 7.56. The third kappa shape index (κ3) is 3.86. The van der Waals surface area contributed by atoms with Crippen LogP contribution in [-0.4, -0.2) is 17.9 Å². The van der Waals surface area contributed by atoms with Gasteiger partial charge in [0.1, 0.15) is 5.76 Å². The second kappa shape index (κ2) is 5.93. The Kier molecular flexibility index (Phi) is 4.43. The maximum absolute atomic E-state index is 5.03. The summed E-state index contributed by atoms with van der Waals surface area (Å²) in [6.07, 6.45) is 4.84. The van der Waals surface area contributed by atoms with Crippen molar-refractivity contribution in [3.8, 4) is 0 Å². The van der Waals surface area contributed by atoms with Crippen LogP contribution in [0.1, 0.15) is 5.76 Å². The quantitative estimate of drug-likeness (QED) is 0.339. The van der Waals surface area contributed by atoms with E-state index in [1.807, 2.05) is 0 Å². The molecule has 14 heavy (non-hydrogen) atoms. The van der Waals surface area contributed by atoms with Crippen LogP contribution >= 0.6 is 12.2 Å². The first-order valence-corrected chi connectivity index (χ1v) is 4.45. The molecule has 1 aromatic heterocycles. The van der Waals surface area contributed by atoms with Crippen molar-refractivity contribution in [2.45, 2.75) is 0 Å². The molecule has 0 aliphatic rings. The largest absolute Gasteiger partial charge is 0.463 e. The highest BCUT2D eigenvalue weighted by Gasteiger charge is 1.90. The molecule has 0 aromatic carbocycles. The third-order valence-corrected chi connectivity index (χ3v) is 1.54. The molecule has 4 nitrogen and oxygen atoms in total. The summed E-state index contributed by atoms with van der Waals surface area (Å²) in [6, 6.07) is 3.58. The zero-order valence-corrected chi connectivity index (χ0v) is 8.38. The van der Waals surface area contributed by atoms with E-state index in [0.29, 0.717) is 17.4 Å². The number of hydrogen-bond donors (Lipinski definition) is 2. The Labute approximate surface area is 87.7 Å². The fourth-order valence-corrected chi connectivity index (χ4v) is 0.860. The van der Waals surface area contributed by atoms with Gasteiger partial charge in [-0.3, -0.25) is 5.43 Å². The highest BCUT2D eigenvalue weighted by Crippen LogP contribution is 1.94.